The Balaban J connectivity index is 1.90. The second kappa shape index (κ2) is 6.87. The molecule has 0 bridgehead atoms. The molecule has 1 heterocycles. The lowest BCUT2D eigenvalue weighted by Crippen LogP contribution is -2.22. The molecule has 0 aliphatic carbocycles. The maximum absolute atomic E-state index is 10.7. The first kappa shape index (κ1) is 14.3. The molecule has 0 saturated carbocycles. The Morgan fingerprint density at radius 1 is 1.50 bits per heavy atom. The highest BCUT2D eigenvalue weighted by atomic mass is 16.6. The number of nitriles is 1. The molecule has 6 heteroatoms. The molecule has 1 saturated heterocycles. The lowest BCUT2D eigenvalue weighted by molar-refractivity contribution is -0.385. The minimum absolute atomic E-state index is 0.0777. The summed E-state index contributed by atoms with van der Waals surface area (Å²) >= 11 is 0. The monoisotopic (exact) mass is 275 g/mol. The maximum Gasteiger partial charge on any atom is 0.287 e. The maximum atomic E-state index is 10.7. The number of nitro benzene ring substituents is 1. The molecular weight excluding hydrogens is 258 g/mol. The molecule has 2 rings (SSSR count). The minimum atomic E-state index is -0.543. The molecule has 6 nitrogen and oxygen atoms in total. The molecule has 1 aliphatic heterocycles. The van der Waals surface area contributed by atoms with Crippen LogP contribution in [0.3, 0.4) is 0 Å². The average Bonchev–Trinajstić information content (AvgIpc) is 2.48. The van der Waals surface area contributed by atoms with E-state index in [-0.39, 0.29) is 11.3 Å². The first-order chi connectivity index (χ1) is 9.70. The number of hydrogen-bond donors (Lipinski definition) is 1. The van der Waals surface area contributed by atoms with Gasteiger partial charge in [-0.25, -0.2) is 0 Å². The van der Waals surface area contributed by atoms with Gasteiger partial charge in [0.05, 0.1) is 11.0 Å². The van der Waals surface area contributed by atoms with Crippen molar-refractivity contribution in [2.45, 2.75) is 31.8 Å². The van der Waals surface area contributed by atoms with Crippen molar-refractivity contribution in [2.75, 3.05) is 18.5 Å². The second-order valence-electron chi connectivity index (χ2n) is 4.80. The molecule has 0 amide bonds. The van der Waals surface area contributed by atoms with E-state index < -0.39 is 4.92 Å². The van der Waals surface area contributed by atoms with Crippen LogP contribution in [0.15, 0.2) is 18.2 Å². The third-order valence-electron chi connectivity index (χ3n) is 3.38. The topological polar surface area (TPSA) is 88.2 Å². The number of nitro groups is 1. The van der Waals surface area contributed by atoms with E-state index in [4.69, 9.17) is 10.00 Å². The number of nitrogens with zero attached hydrogens (tertiary/aromatic N) is 2. The van der Waals surface area contributed by atoms with Gasteiger partial charge in [-0.05, 0) is 37.8 Å². The fourth-order valence-corrected chi connectivity index (χ4v) is 2.31. The summed E-state index contributed by atoms with van der Waals surface area (Å²) in [5.74, 6) is 0. The van der Waals surface area contributed by atoms with Crippen LogP contribution in [0.25, 0.3) is 0 Å². The lowest BCUT2D eigenvalue weighted by Gasteiger charge is -2.22. The fraction of sp³-hybridized carbons (Fsp3) is 0.500. The van der Waals surface area contributed by atoms with Crippen molar-refractivity contribution in [3.63, 3.8) is 0 Å². The number of anilines is 1. The van der Waals surface area contributed by atoms with Crippen molar-refractivity contribution >= 4 is 11.4 Å². The van der Waals surface area contributed by atoms with Gasteiger partial charge in [-0.2, -0.15) is 5.26 Å². The van der Waals surface area contributed by atoms with Gasteiger partial charge in [0.2, 0.25) is 0 Å². The molecule has 1 atom stereocenters. The molecule has 1 unspecified atom stereocenters. The summed E-state index contributed by atoms with van der Waals surface area (Å²) in [5.41, 5.74) is 0.644. The summed E-state index contributed by atoms with van der Waals surface area (Å²) in [6.45, 7) is 1.56. The largest absolute Gasteiger partial charge is 0.385 e. The van der Waals surface area contributed by atoms with Crippen molar-refractivity contribution in [2.24, 2.45) is 0 Å². The van der Waals surface area contributed by atoms with E-state index in [1.807, 2.05) is 6.07 Å². The Kier molecular flexibility index (Phi) is 4.91. The van der Waals surface area contributed by atoms with Crippen LogP contribution in [0.4, 0.5) is 11.4 Å². The van der Waals surface area contributed by atoms with E-state index in [0.29, 0.717) is 6.10 Å². The SMILES string of the molecule is N#Cc1cc(NCCC2CCCCO2)ccc1[N+](=O)[O-]. The van der Waals surface area contributed by atoms with Gasteiger partial charge in [-0.3, -0.25) is 10.1 Å². The number of nitrogens with one attached hydrogen (secondary N) is 1. The highest BCUT2D eigenvalue weighted by Gasteiger charge is 2.15. The molecule has 0 aromatic heterocycles. The van der Waals surface area contributed by atoms with Crippen molar-refractivity contribution < 1.29 is 9.66 Å². The molecule has 20 heavy (non-hydrogen) atoms. The molecule has 1 fully saturated rings. The Morgan fingerprint density at radius 3 is 3.00 bits per heavy atom. The third-order valence-corrected chi connectivity index (χ3v) is 3.38. The van der Waals surface area contributed by atoms with Crippen molar-refractivity contribution in [3.05, 3.63) is 33.9 Å². The first-order valence-corrected chi connectivity index (χ1v) is 6.74. The molecular formula is C14H17N3O3. The van der Waals surface area contributed by atoms with Gasteiger partial charge in [-0.1, -0.05) is 0 Å². The van der Waals surface area contributed by atoms with Gasteiger partial charge >= 0.3 is 0 Å². The summed E-state index contributed by atoms with van der Waals surface area (Å²) < 4.78 is 5.63. The second-order valence-corrected chi connectivity index (χ2v) is 4.80. The van der Waals surface area contributed by atoms with Crippen LogP contribution in [0.5, 0.6) is 0 Å². The molecule has 1 aliphatic rings. The molecule has 1 aromatic carbocycles. The van der Waals surface area contributed by atoms with Crippen LogP contribution in [0, 0.1) is 21.4 Å². The van der Waals surface area contributed by atoms with E-state index in [1.54, 1.807) is 6.07 Å². The zero-order chi connectivity index (χ0) is 14.4. The van der Waals surface area contributed by atoms with Crippen LogP contribution in [-0.4, -0.2) is 24.2 Å². The highest BCUT2D eigenvalue weighted by molar-refractivity contribution is 5.58. The number of hydrogen-bond acceptors (Lipinski definition) is 5. The van der Waals surface area contributed by atoms with Gasteiger partial charge in [0.25, 0.3) is 5.69 Å². The van der Waals surface area contributed by atoms with Gasteiger partial charge in [-0.15, -0.1) is 0 Å². The Bertz CT molecular complexity index is 519. The Hall–Kier alpha value is -2.13. The van der Waals surface area contributed by atoms with Crippen LogP contribution in [0.1, 0.15) is 31.2 Å². The summed E-state index contributed by atoms with van der Waals surface area (Å²) in [6.07, 6.45) is 4.63. The van der Waals surface area contributed by atoms with Crippen LogP contribution >= 0.6 is 0 Å². The van der Waals surface area contributed by atoms with Crippen molar-refractivity contribution in [1.82, 2.24) is 0 Å². The van der Waals surface area contributed by atoms with E-state index in [9.17, 15) is 10.1 Å². The standard InChI is InChI=1S/C14H17N3O3/c15-10-11-9-12(4-5-14(11)17(18)19)16-7-6-13-3-1-2-8-20-13/h4-5,9,13,16H,1-3,6-8H2. The van der Waals surface area contributed by atoms with Crippen molar-refractivity contribution in [3.8, 4) is 6.07 Å². The Labute approximate surface area is 117 Å². The normalized spacial score (nSPS) is 18.2. The van der Waals surface area contributed by atoms with Gasteiger partial charge < -0.3 is 10.1 Å². The quantitative estimate of drug-likeness (QED) is 0.659. The molecule has 106 valence electrons. The molecule has 1 aromatic rings. The molecule has 0 radical (unpaired) electrons. The third kappa shape index (κ3) is 3.68. The lowest BCUT2D eigenvalue weighted by atomic mass is 10.1. The summed E-state index contributed by atoms with van der Waals surface area (Å²) in [7, 11) is 0. The van der Waals surface area contributed by atoms with Crippen LogP contribution in [-0.2, 0) is 4.74 Å². The van der Waals surface area contributed by atoms with E-state index in [1.165, 1.54) is 18.6 Å². The van der Waals surface area contributed by atoms with E-state index >= 15 is 0 Å². The zero-order valence-electron chi connectivity index (χ0n) is 11.2. The van der Waals surface area contributed by atoms with E-state index in [2.05, 4.69) is 5.32 Å². The van der Waals surface area contributed by atoms with Gasteiger partial charge in [0.1, 0.15) is 11.6 Å². The first-order valence-electron chi connectivity index (χ1n) is 6.74. The van der Waals surface area contributed by atoms with Crippen LogP contribution in [0.2, 0.25) is 0 Å². The number of ether oxygens (including phenoxy) is 1. The number of rotatable bonds is 5. The molecule has 0 spiro atoms. The zero-order valence-corrected chi connectivity index (χ0v) is 11.2. The predicted molar refractivity (Wildman–Crippen MR) is 74.5 cm³/mol. The summed E-state index contributed by atoms with van der Waals surface area (Å²) in [4.78, 5) is 10.2. The molecule has 1 N–H and O–H groups in total. The summed E-state index contributed by atoms with van der Waals surface area (Å²) in [5, 5.41) is 22.8. The fourth-order valence-electron chi connectivity index (χ4n) is 2.31. The summed E-state index contributed by atoms with van der Waals surface area (Å²) in [6, 6.07) is 6.35. The number of benzene rings is 1. The highest BCUT2D eigenvalue weighted by Crippen LogP contribution is 2.22. The smallest absolute Gasteiger partial charge is 0.287 e. The predicted octanol–water partition coefficient (Wildman–Crippen LogP) is 2.84. The average molecular weight is 275 g/mol. The Morgan fingerprint density at radius 2 is 2.35 bits per heavy atom. The van der Waals surface area contributed by atoms with Crippen LogP contribution < -0.4 is 5.32 Å². The minimum Gasteiger partial charge on any atom is -0.385 e. The van der Waals surface area contributed by atoms with Crippen molar-refractivity contribution in [1.29, 1.82) is 5.26 Å². The van der Waals surface area contributed by atoms with E-state index in [0.717, 1.165) is 38.1 Å². The van der Waals surface area contributed by atoms with Gasteiger partial charge in [0.15, 0.2) is 0 Å². The van der Waals surface area contributed by atoms with Gasteiger partial charge in [0, 0.05) is 24.9 Å².